The van der Waals surface area contributed by atoms with E-state index < -0.39 is 10.0 Å². The maximum absolute atomic E-state index is 12.6. The Hall–Kier alpha value is -1.28. The van der Waals surface area contributed by atoms with Crippen LogP contribution in [0.1, 0.15) is 19.3 Å². The number of hydrazine groups is 1. The van der Waals surface area contributed by atoms with Gasteiger partial charge in [0.1, 0.15) is 4.90 Å². The summed E-state index contributed by atoms with van der Waals surface area (Å²) in [6.07, 6.45) is 3.51. The topological polar surface area (TPSA) is 61.4 Å². The average molecular weight is 445 g/mol. The quantitative estimate of drug-likeness (QED) is 0.701. The second-order valence-corrected chi connectivity index (χ2v) is 8.80. The van der Waals surface area contributed by atoms with E-state index >= 15 is 0 Å². The van der Waals surface area contributed by atoms with E-state index in [1.807, 2.05) is 0 Å². The number of rotatable bonds is 5. The molecule has 1 heterocycles. The van der Waals surface area contributed by atoms with Crippen molar-refractivity contribution in [2.45, 2.75) is 24.2 Å². The van der Waals surface area contributed by atoms with E-state index in [0.29, 0.717) is 20.9 Å². The molecule has 134 valence electrons. The molecule has 0 saturated carbocycles. The van der Waals surface area contributed by atoms with Crippen LogP contribution in [0.3, 0.4) is 0 Å². The van der Waals surface area contributed by atoms with Crippen LogP contribution >= 0.6 is 27.5 Å². The first kappa shape index (κ1) is 18.5. The summed E-state index contributed by atoms with van der Waals surface area (Å²) in [4.78, 5) is 0.190. The van der Waals surface area contributed by atoms with E-state index in [-0.39, 0.29) is 4.90 Å². The third-order valence-electron chi connectivity index (χ3n) is 3.98. The molecule has 2 aromatic carbocycles. The molecule has 0 aromatic heterocycles. The van der Waals surface area contributed by atoms with E-state index in [0.717, 1.165) is 25.9 Å². The van der Waals surface area contributed by atoms with Crippen molar-refractivity contribution in [2.75, 3.05) is 23.2 Å². The number of nitrogens with zero attached hydrogens (tertiary/aromatic N) is 1. The van der Waals surface area contributed by atoms with Gasteiger partial charge in [-0.25, -0.2) is 13.4 Å². The summed E-state index contributed by atoms with van der Waals surface area (Å²) >= 11 is 9.53. The van der Waals surface area contributed by atoms with Crippen molar-refractivity contribution in [3.8, 4) is 0 Å². The Labute approximate surface area is 161 Å². The summed E-state index contributed by atoms with van der Waals surface area (Å²) in [6.45, 7) is 1.90. The number of halogens is 2. The van der Waals surface area contributed by atoms with Gasteiger partial charge in [-0.1, -0.05) is 30.2 Å². The number of nitrogens with one attached hydrogen (secondary N) is 2. The van der Waals surface area contributed by atoms with Crippen LogP contribution in [0.4, 0.5) is 11.4 Å². The fraction of sp³-hybridized carbons (Fsp3) is 0.294. The predicted octanol–water partition coefficient (Wildman–Crippen LogP) is 4.72. The van der Waals surface area contributed by atoms with Crippen LogP contribution in [0.5, 0.6) is 0 Å². The lowest BCUT2D eigenvalue weighted by Gasteiger charge is -2.28. The number of anilines is 2. The van der Waals surface area contributed by atoms with Crippen LogP contribution in [0.25, 0.3) is 0 Å². The van der Waals surface area contributed by atoms with Crippen LogP contribution in [0.15, 0.2) is 51.8 Å². The highest BCUT2D eigenvalue weighted by molar-refractivity contribution is 9.10. The Morgan fingerprint density at radius 1 is 1.04 bits per heavy atom. The molecule has 0 unspecified atom stereocenters. The van der Waals surface area contributed by atoms with Crippen molar-refractivity contribution >= 4 is 48.9 Å². The molecule has 1 fully saturated rings. The molecular weight excluding hydrogens is 426 g/mol. The summed E-state index contributed by atoms with van der Waals surface area (Å²) < 4.78 is 28.3. The standard InChI is InChI=1S/C17H19BrClN3O2S/c18-14-6-2-3-7-17(14)25(23,24)21-13-8-9-15(19)16(12-13)20-22-10-4-1-5-11-22/h2-3,6-9,12,20-21H,1,4-5,10-11H2. The summed E-state index contributed by atoms with van der Waals surface area (Å²) in [5, 5.41) is 2.66. The number of benzene rings is 2. The highest BCUT2D eigenvalue weighted by atomic mass is 79.9. The fourth-order valence-electron chi connectivity index (χ4n) is 2.72. The first-order valence-corrected chi connectivity index (χ1v) is 10.7. The zero-order valence-electron chi connectivity index (χ0n) is 13.5. The van der Waals surface area contributed by atoms with Crippen molar-refractivity contribution < 1.29 is 8.42 Å². The zero-order chi connectivity index (χ0) is 17.9. The highest BCUT2D eigenvalue weighted by Crippen LogP contribution is 2.29. The molecule has 0 atom stereocenters. The van der Waals surface area contributed by atoms with Crippen LogP contribution in [-0.2, 0) is 10.0 Å². The Kier molecular flexibility index (Phi) is 5.89. The summed E-state index contributed by atoms with van der Waals surface area (Å²) in [6, 6.07) is 11.8. The molecule has 8 heteroatoms. The molecule has 3 rings (SSSR count). The molecule has 0 aliphatic carbocycles. The smallest absolute Gasteiger partial charge is 0.263 e. The Morgan fingerprint density at radius 2 is 1.76 bits per heavy atom. The molecule has 1 saturated heterocycles. The molecule has 0 amide bonds. The number of sulfonamides is 1. The lowest BCUT2D eigenvalue weighted by Crippen LogP contribution is -2.34. The normalized spacial score (nSPS) is 15.8. The first-order chi connectivity index (χ1) is 12.0. The Morgan fingerprint density at radius 3 is 2.48 bits per heavy atom. The lowest BCUT2D eigenvalue weighted by molar-refractivity contribution is 0.273. The van der Waals surface area contributed by atoms with Crippen molar-refractivity contribution in [1.29, 1.82) is 0 Å². The van der Waals surface area contributed by atoms with E-state index in [9.17, 15) is 8.42 Å². The van der Waals surface area contributed by atoms with Gasteiger partial charge in [-0.05, 0) is 59.1 Å². The minimum Gasteiger partial charge on any atom is -0.317 e. The van der Waals surface area contributed by atoms with Crippen molar-refractivity contribution in [3.63, 3.8) is 0 Å². The predicted molar refractivity (Wildman–Crippen MR) is 105 cm³/mol. The number of piperidine rings is 1. The fourth-order valence-corrected chi connectivity index (χ4v) is 4.94. The van der Waals surface area contributed by atoms with E-state index in [1.165, 1.54) is 6.42 Å². The van der Waals surface area contributed by atoms with Gasteiger partial charge in [-0.2, -0.15) is 0 Å². The minimum absolute atomic E-state index is 0.190. The van der Waals surface area contributed by atoms with E-state index in [2.05, 4.69) is 31.1 Å². The molecule has 0 bridgehead atoms. The van der Waals surface area contributed by atoms with Gasteiger partial charge in [0, 0.05) is 17.6 Å². The minimum atomic E-state index is -3.69. The highest BCUT2D eigenvalue weighted by Gasteiger charge is 2.18. The molecule has 0 radical (unpaired) electrons. The van der Waals surface area contributed by atoms with Crippen LogP contribution in [0, 0.1) is 0 Å². The third kappa shape index (κ3) is 4.67. The summed E-state index contributed by atoms with van der Waals surface area (Å²) in [7, 11) is -3.69. The largest absolute Gasteiger partial charge is 0.317 e. The Bertz CT molecular complexity index is 855. The SMILES string of the molecule is O=S(=O)(Nc1ccc(Cl)c(NN2CCCCC2)c1)c1ccccc1Br. The molecule has 25 heavy (non-hydrogen) atoms. The molecule has 5 nitrogen and oxygen atoms in total. The summed E-state index contributed by atoms with van der Waals surface area (Å²) in [5.74, 6) is 0. The summed E-state index contributed by atoms with van der Waals surface area (Å²) in [5.41, 5.74) is 4.43. The van der Waals surface area contributed by atoms with Gasteiger partial charge >= 0.3 is 0 Å². The van der Waals surface area contributed by atoms with Gasteiger partial charge in [0.2, 0.25) is 0 Å². The first-order valence-electron chi connectivity index (χ1n) is 8.04. The van der Waals surface area contributed by atoms with Crippen molar-refractivity contribution in [1.82, 2.24) is 5.01 Å². The molecule has 0 spiro atoms. The molecule has 2 N–H and O–H groups in total. The van der Waals surface area contributed by atoms with E-state index in [4.69, 9.17) is 11.6 Å². The van der Waals surface area contributed by atoms with Crippen LogP contribution in [0.2, 0.25) is 5.02 Å². The lowest BCUT2D eigenvalue weighted by atomic mass is 10.2. The van der Waals surface area contributed by atoms with Gasteiger partial charge in [-0.15, -0.1) is 0 Å². The van der Waals surface area contributed by atoms with Crippen molar-refractivity contribution in [3.05, 3.63) is 52.0 Å². The monoisotopic (exact) mass is 443 g/mol. The van der Waals surface area contributed by atoms with Gasteiger partial charge in [0.15, 0.2) is 0 Å². The van der Waals surface area contributed by atoms with Gasteiger partial charge in [0.05, 0.1) is 16.4 Å². The third-order valence-corrected chi connectivity index (χ3v) is 6.70. The molecular formula is C17H19BrClN3O2S. The van der Waals surface area contributed by atoms with E-state index in [1.54, 1.807) is 42.5 Å². The molecule has 1 aliphatic heterocycles. The van der Waals surface area contributed by atoms with Gasteiger partial charge < -0.3 is 5.43 Å². The zero-order valence-corrected chi connectivity index (χ0v) is 16.7. The van der Waals surface area contributed by atoms with Crippen LogP contribution < -0.4 is 10.1 Å². The van der Waals surface area contributed by atoms with Gasteiger partial charge in [-0.3, -0.25) is 4.72 Å². The molecule has 1 aliphatic rings. The Balaban J connectivity index is 1.81. The van der Waals surface area contributed by atoms with Crippen LogP contribution in [-0.4, -0.2) is 26.5 Å². The maximum atomic E-state index is 12.6. The number of hydrogen-bond acceptors (Lipinski definition) is 4. The maximum Gasteiger partial charge on any atom is 0.263 e. The van der Waals surface area contributed by atoms with Crippen molar-refractivity contribution in [2.24, 2.45) is 0 Å². The second-order valence-electron chi connectivity index (χ2n) is 5.89. The molecule has 2 aromatic rings. The second kappa shape index (κ2) is 7.95. The van der Waals surface area contributed by atoms with Gasteiger partial charge in [0.25, 0.3) is 10.0 Å². The average Bonchev–Trinajstić information content (AvgIpc) is 2.59. The number of hydrogen-bond donors (Lipinski definition) is 2.